The van der Waals surface area contributed by atoms with Gasteiger partial charge in [-0.05, 0) is 19.1 Å². The van der Waals surface area contributed by atoms with E-state index in [-0.39, 0.29) is 0 Å². The third-order valence-corrected chi connectivity index (χ3v) is 3.19. The van der Waals surface area contributed by atoms with E-state index in [4.69, 9.17) is 9.26 Å². The van der Waals surface area contributed by atoms with E-state index in [1.54, 1.807) is 13.0 Å². The van der Waals surface area contributed by atoms with Crippen LogP contribution in [0.2, 0.25) is 0 Å². The van der Waals surface area contributed by atoms with E-state index in [0.717, 1.165) is 11.3 Å². The Morgan fingerprint density at radius 2 is 2.04 bits per heavy atom. The molecule has 0 saturated carbocycles. The second kappa shape index (κ2) is 5.16. The Labute approximate surface area is 130 Å². The van der Waals surface area contributed by atoms with Crippen molar-refractivity contribution in [1.29, 1.82) is 0 Å². The van der Waals surface area contributed by atoms with Gasteiger partial charge >= 0.3 is 0 Å². The molecular formula is C15H12N6O2. The quantitative estimate of drug-likeness (QED) is 0.574. The number of rotatable bonds is 3. The lowest BCUT2D eigenvalue weighted by Crippen LogP contribution is -1.99. The number of hydrogen-bond donors (Lipinski definition) is 0. The highest BCUT2D eigenvalue weighted by Crippen LogP contribution is 2.26. The molecule has 1 aromatic carbocycles. The number of fused-ring (bicyclic) bond motifs is 1. The molecule has 0 unspecified atom stereocenters. The first kappa shape index (κ1) is 13.4. The van der Waals surface area contributed by atoms with Crippen molar-refractivity contribution in [2.45, 2.75) is 13.8 Å². The Kier molecular flexibility index (Phi) is 3.00. The predicted octanol–water partition coefficient (Wildman–Crippen LogP) is 2.58. The number of aryl methyl sites for hydroxylation is 2. The monoisotopic (exact) mass is 308 g/mol. The number of benzene rings is 1. The summed E-state index contributed by atoms with van der Waals surface area (Å²) >= 11 is 0. The lowest BCUT2D eigenvalue weighted by molar-refractivity contribution is 0.394. The van der Waals surface area contributed by atoms with Crippen molar-refractivity contribution in [3.63, 3.8) is 0 Å². The summed E-state index contributed by atoms with van der Waals surface area (Å²) < 4.78 is 12.5. The third kappa shape index (κ3) is 2.50. The molecule has 0 atom stereocenters. The van der Waals surface area contributed by atoms with Crippen LogP contribution in [0.5, 0.6) is 11.6 Å². The molecule has 0 aliphatic heterocycles. The van der Waals surface area contributed by atoms with E-state index < -0.39 is 0 Å². The zero-order valence-corrected chi connectivity index (χ0v) is 12.5. The van der Waals surface area contributed by atoms with Crippen molar-refractivity contribution in [2.24, 2.45) is 0 Å². The summed E-state index contributed by atoms with van der Waals surface area (Å²) in [5, 5.41) is 8.03. The SMILES string of the molecule is Cc1cc(Oc2cccc(-c3noc(C)n3)c2)n2ncnc2n1. The van der Waals surface area contributed by atoms with Gasteiger partial charge in [-0.15, -0.1) is 0 Å². The Bertz CT molecular complexity index is 990. The van der Waals surface area contributed by atoms with Gasteiger partial charge in [-0.1, -0.05) is 17.3 Å². The molecule has 0 radical (unpaired) electrons. The van der Waals surface area contributed by atoms with Crippen LogP contribution in [0.25, 0.3) is 17.2 Å². The average Bonchev–Trinajstić information content (AvgIpc) is 3.16. The minimum absolute atomic E-state index is 0.491. The normalized spacial score (nSPS) is 11.0. The van der Waals surface area contributed by atoms with Crippen LogP contribution in [0.15, 0.2) is 41.2 Å². The van der Waals surface area contributed by atoms with Crippen LogP contribution in [-0.4, -0.2) is 29.7 Å². The molecule has 0 amide bonds. The molecule has 0 saturated heterocycles. The molecule has 0 aliphatic rings. The van der Waals surface area contributed by atoms with Gasteiger partial charge in [-0.25, -0.2) is 4.98 Å². The molecule has 3 heterocycles. The van der Waals surface area contributed by atoms with Crippen LogP contribution >= 0.6 is 0 Å². The van der Waals surface area contributed by atoms with Gasteiger partial charge < -0.3 is 9.26 Å². The largest absolute Gasteiger partial charge is 0.439 e. The second-order valence-electron chi connectivity index (χ2n) is 4.97. The Morgan fingerprint density at radius 3 is 2.87 bits per heavy atom. The highest BCUT2D eigenvalue weighted by atomic mass is 16.5. The maximum Gasteiger partial charge on any atom is 0.255 e. The fourth-order valence-electron chi connectivity index (χ4n) is 2.21. The summed E-state index contributed by atoms with van der Waals surface area (Å²) in [6.07, 6.45) is 1.44. The molecule has 114 valence electrons. The van der Waals surface area contributed by atoms with Gasteiger partial charge in [-0.2, -0.15) is 19.6 Å². The van der Waals surface area contributed by atoms with Gasteiger partial charge in [0.15, 0.2) is 0 Å². The third-order valence-electron chi connectivity index (χ3n) is 3.19. The van der Waals surface area contributed by atoms with Crippen molar-refractivity contribution in [2.75, 3.05) is 0 Å². The summed E-state index contributed by atoms with van der Waals surface area (Å²) in [6.45, 7) is 3.62. The molecule has 0 N–H and O–H groups in total. The van der Waals surface area contributed by atoms with Crippen LogP contribution in [0, 0.1) is 13.8 Å². The minimum Gasteiger partial charge on any atom is -0.439 e. The zero-order valence-electron chi connectivity index (χ0n) is 12.5. The van der Waals surface area contributed by atoms with Crippen molar-refractivity contribution in [3.8, 4) is 23.0 Å². The van der Waals surface area contributed by atoms with Crippen molar-refractivity contribution < 1.29 is 9.26 Å². The Balaban J connectivity index is 1.72. The van der Waals surface area contributed by atoms with Crippen LogP contribution in [0.4, 0.5) is 0 Å². The fraction of sp³-hybridized carbons (Fsp3) is 0.133. The van der Waals surface area contributed by atoms with E-state index in [1.165, 1.54) is 10.8 Å². The highest BCUT2D eigenvalue weighted by Gasteiger charge is 2.10. The van der Waals surface area contributed by atoms with Crippen LogP contribution in [0.1, 0.15) is 11.6 Å². The van der Waals surface area contributed by atoms with E-state index >= 15 is 0 Å². The van der Waals surface area contributed by atoms with Gasteiger partial charge in [0.25, 0.3) is 5.78 Å². The summed E-state index contributed by atoms with van der Waals surface area (Å²) in [5.41, 5.74) is 1.60. The van der Waals surface area contributed by atoms with Gasteiger partial charge in [0.05, 0.1) is 0 Å². The summed E-state index contributed by atoms with van der Waals surface area (Å²) in [5.74, 6) is 2.69. The number of hydrogen-bond acceptors (Lipinski definition) is 7. The van der Waals surface area contributed by atoms with Crippen LogP contribution < -0.4 is 4.74 Å². The van der Waals surface area contributed by atoms with Gasteiger partial charge in [0.1, 0.15) is 12.1 Å². The fourth-order valence-corrected chi connectivity index (χ4v) is 2.21. The second-order valence-corrected chi connectivity index (χ2v) is 4.97. The number of aromatic nitrogens is 6. The first-order chi connectivity index (χ1) is 11.2. The zero-order chi connectivity index (χ0) is 15.8. The topological polar surface area (TPSA) is 91.2 Å². The molecule has 0 fully saturated rings. The molecule has 4 aromatic rings. The van der Waals surface area contributed by atoms with Crippen LogP contribution in [0.3, 0.4) is 0 Å². The first-order valence-electron chi connectivity index (χ1n) is 6.95. The summed E-state index contributed by atoms with van der Waals surface area (Å²) in [7, 11) is 0. The van der Waals surface area contributed by atoms with Crippen molar-refractivity contribution in [3.05, 3.63) is 48.2 Å². The lowest BCUT2D eigenvalue weighted by atomic mass is 10.2. The Morgan fingerprint density at radius 1 is 1.13 bits per heavy atom. The van der Waals surface area contributed by atoms with E-state index in [9.17, 15) is 0 Å². The molecule has 8 nitrogen and oxygen atoms in total. The molecule has 4 rings (SSSR count). The molecule has 8 heteroatoms. The molecule has 23 heavy (non-hydrogen) atoms. The van der Waals surface area contributed by atoms with Crippen molar-refractivity contribution in [1.82, 2.24) is 29.7 Å². The van der Waals surface area contributed by atoms with E-state index in [1.807, 2.05) is 31.2 Å². The maximum atomic E-state index is 5.93. The average molecular weight is 308 g/mol. The molecule has 0 bridgehead atoms. The van der Waals surface area contributed by atoms with E-state index in [2.05, 4.69) is 25.2 Å². The Hall–Kier alpha value is -3.29. The maximum absolute atomic E-state index is 5.93. The molecule has 0 spiro atoms. The first-order valence-corrected chi connectivity index (χ1v) is 6.95. The minimum atomic E-state index is 0.491. The summed E-state index contributed by atoms with van der Waals surface area (Å²) in [4.78, 5) is 12.6. The van der Waals surface area contributed by atoms with Crippen molar-refractivity contribution >= 4 is 5.78 Å². The van der Waals surface area contributed by atoms with Gasteiger partial charge in [-0.3, -0.25) is 0 Å². The number of nitrogens with zero attached hydrogens (tertiary/aromatic N) is 6. The molecule has 0 aliphatic carbocycles. The molecular weight excluding hydrogens is 296 g/mol. The van der Waals surface area contributed by atoms with Crippen LogP contribution in [-0.2, 0) is 0 Å². The highest BCUT2D eigenvalue weighted by molar-refractivity contribution is 5.57. The predicted molar refractivity (Wildman–Crippen MR) is 80.1 cm³/mol. The standard InChI is InChI=1S/C15H12N6O2/c1-9-6-13(21-15(18-9)16-8-17-21)22-12-5-3-4-11(7-12)14-19-10(2)23-20-14/h3-8H,1-2H3. The summed E-state index contributed by atoms with van der Waals surface area (Å²) in [6, 6.07) is 9.23. The number of ether oxygens (including phenoxy) is 1. The van der Waals surface area contributed by atoms with Gasteiger partial charge in [0, 0.05) is 24.2 Å². The van der Waals surface area contributed by atoms with Gasteiger partial charge in [0.2, 0.25) is 17.6 Å². The smallest absolute Gasteiger partial charge is 0.255 e. The van der Waals surface area contributed by atoms with E-state index in [0.29, 0.717) is 29.1 Å². The molecule has 3 aromatic heterocycles. The lowest BCUT2D eigenvalue weighted by Gasteiger charge is -2.08.